The molecular weight excluding hydrogens is 330 g/mol. The van der Waals surface area contributed by atoms with E-state index in [-0.39, 0.29) is 17.1 Å². The van der Waals surface area contributed by atoms with E-state index in [4.69, 9.17) is 4.52 Å². The zero-order valence-corrected chi connectivity index (χ0v) is 15.8. The minimum absolute atomic E-state index is 0.0641. The minimum atomic E-state index is -0.170. The molecule has 0 atom stereocenters. The highest BCUT2D eigenvalue weighted by Gasteiger charge is 2.27. The Labute approximate surface area is 153 Å². The van der Waals surface area contributed by atoms with Gasteiger partial charge in [-0.25, -0.2) is 0 Å². The van der Waals surface area contributed by atoms with Gasteiger partial charge in [0.15, 0.2) is 11.5 Å². The number of piperazine rings is 1. The van der Waals surface area contributed by atoms with Crippen LogP contribution in [0.3, 0.4) is 0 Å². The molecule has 1 fully saturated rings. The van der Waals surface area contributed by atoms with Gasteiger partial charge in [0, 0.05) is 48.9 Å². The van der Waals surface area contributed by atoms with E-state index < -0.39 is 0 Å². The van der Waals surface area contributed by atoms with Gasteiger partial charge in [-0.15, -0.1) is 0 Å². The average Bonchev–Trinajstić information content (AvgIpc) is 3.12. The Balaban J connectivity index is 1.62. The number of Topliss-reactive ketones (excluding diaryl/α,β-unsaturated/α-hetero) is 1. The summed E-state index contributed by atoms with van der Waals surface area (Å²) in [6, 6.07) is 9.36. The molecule has 1 aromatic carbocycles. The summed E-state index contributed by atoms with van der Waals surface area (Å²) in [6.07, 6.45) is 0. The van der Waals surface area contributed by atoms with E-state index in [0.29, 0.717) is 30.1 Å². The van der Waals surface area contributed by atoms with Crippen molar-refractivity contribution in [2.75, 3.05) is 31.1 Å². The quantitative estimate of drug-likeness (QED) is 0.792. The lowest BCUT2D eigenvalue weighted by Crippen LogP contribution is -2.48. The van der Waals surface area contributed by atoms with E-state index in [1.165, 1.54) is 0 Å². The summed E-state index contributed by atoms with van der Waals surface area (Å²) in [5.74, 6) is 0.690. The first-order valence-electron chi connectivity index (χ1n) is 8.88. The maximum atomic E-state index is 12.7. The highest BCUT2D eigenvalue weighted by molar-refractivity contribution is 5.94. The van der Waals surface area contributed by atoms with Crippen molar-refractivity contribution in [3.05, 3.63) is 47.3 Å². The van der Waals surface area contributed by atoms with E-state index in [9.17, 15) is 9.59 Å². The maximum absolute atomic E-state index is 12.7. The number of benzene rings is 1. The Hall–Kier alpha value is -2.63. The van der Waals surface area contributed by atoms with Crippen LogP contribution in [0, 0.1) is 0 Å². The lowest BCUT2D eigenvalue weighted by molar-refractivity contribution is 0.0735. The lowest BCUT2D eigenvalue weighted by Gasteiger charge is -2.35. The number of nitrogens with zero attached hydrogens (tertiary/aromatic N) is 3. The van der Waals surface area contributed by atoms with Crippen LogP contribution in [-0.4, -0.2) is 47.9 Å². The third kappa shape index (κ3) is 3.79. The molecule has 1 amide bonds. The van der Waals surface area contributed by atoms with Gasteiger partial charge < -0.3 is 14.3 Å². The van der Waals surface area contributed by atoms with Crippen LogP contribution in [0.5, 0.6) is 0 Å². The molecule has 138 valence electrons. The first kappa shape index (κ1) is 18.2. The molecule has 6 heteroatoms. The molecule has 0 unspecified atom stereocenters. The standard InChI is InChI=1S/C20H25N3O3/c1-14(24)15-5-7-16(8-6-15)22-9-11-23(12-10-22)19(25)17-13-18(26-21-17)20(2,3)4/h5-8,13H,9-12H2,1-4H3. The Morgan fingerprint density at radius 2 is 1.65 bits per heavy atom. The van der Waals surface area contributed by atoms with E-state index in [1.54, 1.807) is 13.0 Å². The smallest absolute Gasteiger partial charge is 0.276 e. The number of rotatable bonds is 3. The molecule has 26 heavy (non-hydrogen) atoms. The summed E-state index contributed by atoms with van der Waals surface area (Å²) in [6.45, 7) is 10.4. The largest absolute Gasteiger partial charge is 0.368 e. The summed E-state index contributed by atoms with van der Waals surface area (Å²) in [7, 11) is 0. The molecule has 0 aliphatic carbocycles. The molecule has 0 bridgehead atoms. The summed E-state index contributed by atoms with van der Waals surface area (Å²) in [5, 5.41) is 3.95. The van der Waals surface area contributed by atoms with Crippen LogP contribution in [0.2, 0.25) is 0 Å². The first-order chi connectivity index (χ1) is 12.3. The topological polar surface area (TPSA) is 66.7 Å². The predicted octanol–water partition coefficient (Wildman–Crippen LogP) is 3.14. The number of carbonyl (C=O) groups is 2. The fraction of sp³-hybridized carbons (Fsp3) is 0.450. The fourth-order valence-electron chi connectivity index (χ4n) is 2.97. The molecule has 2 heterocycles. The van der Waals surface area contributed by atoms with E-state index >= 15 is 0 Å². The van der Waals surface area contributed by atoms with Crippen molar-refractivity contribution in [2.45, 2.75) is 33.1 Å². The molecule has 0 radical (unpaired) electrons. The van der Waals surface area contributed by atoms with Crippen LogP contribution in [0.15, 0.2) is 34.9 Å². The second kappa shape index (κ2) is 6.94. The summed E-state index contributed by atoms with van der Waals surface area (Å²) < 4.78 is 5.33. The molecule has 2 aromatic rings. The van der Waals surface area contributed by atoms with Crippen molar-refractivity contribution in [1.29, 1.82) is 0 Å². The van der Waals surface area contributed by atoms with Gasteiger partial charge in [-0.1, -0.05) is 25.9 Å². The molecule has 1 aliphatic heterocycles. The predicted molar refractivity (Wildman–Crippen MR) is 99.8 cm³/mol. The number of ketones is 1. The molecule has 1 saturated heterocycles. The van der Waals surface area contributed by atoms with Crippen molar-refractivity contribution in [1.82, 2.24) is 10.1 Å². The number of carbonyl (C=O) groups excluding carboxylic acids is 2. The first-order valence-corrected chi connectivity index (χ1v) is 8.88. The molecule has 3 rings (SSSR count). The SMILES string of the molecule is CC(=O)c1ccc(N2CCN(C(=O)c3cc(C(C)(C)C)on3)CC2)cc1. The Kier molecular flexibility index (Phi) is 4.85. The number of amides is 1. The fourth-order valence-corrected chi connectivity index (χ4v) is 2.97. The van der Waals surface area contributed by atoms with Crippen LogP contribution in [0.25, 0.3) is 0 Å². The van der Waals surface area contributed by atoms with Crippen molar-refractivity contribution in [3.8, 4) is 0 Å². The van der Waals surface area contributed by atoms with Crippen LogP contribution in [-0.2, 0) is 5.41 Å². The van der Waals surface area contributed by atoms with Gasteiger partial charge in [-0.3, -0.25) is 9.59 Å². The van der Waals surface area contributed by atoms with Gasteiger partial charge in [0.1, 0.15) is 5.76 Å². The Bertz CT molecular complexity index is 794. The highest BCUT2D eigenvalue weighted by atomic mass is 16.5. The summed E-state index contributed by atoms with van der Waals surface area (Å²) >= 11 is 0. The summed E-state index contributed by atoms with van der Waals surface area (Å²) in [5.41, 5.74) is 1.98. The zero-order valence-electron chi connectivity index (χ0n) is 15.8. The van der Waals surface area contributed by atoms with E-state index in [2.05, 4.69) is 10.1 Å². The third-order valence-corrected chi connectivity index (χ3v) is 4.67. The molecule has 6 nitrogen and oxygen atoms in total. The van der Waals surface area contributed by atoms with Crippen molar-refractivity contribution in [3.63, 3.8) is 0 Å². The Morgan fingerprint density at radius 3 is 2.15 bits per heavy atom. The molecule has 0 N–H and O–H groups in total. The number of anilines is 1. The number of hydrogen-bond acceptors (Lipinski definition) is 5. The van der Waals surface area contributed by atoms with Gasteiger partial charge in [0.05, 0.1) is 0 Å². The van der Waals surface area contributed by atoms with E-state index in [0.717, 1.165) is 18.8 Å². The van der Waals surface area contributed by atoms with Gasteiger partial charge in [0.25, 0.3) is 5.91 Å². The molecular formula is C20H25N3O3. The molecule has 0 saturated carbocycles. The van der Waals surface area contributed by atoms with Crippen molar-refractivity contribution in [2.24, 2.45) is 0 Å². The number of hydrogen-bond donors (Lipinski definition) is 0. The second-order valence-electron chi connectivity index (χ2n) is 7.71. The minimum Gasteiger partial charge on any atom is -0.368 e. The molecule has 1 aliphatic rings. The normalized spacial score (nSPS) is 15.2. The van der Waals surface area contributed by atoms with Gasteiger partial charge >= 0.3 is 0 Å². The van der Waals surface area contributed by atoms with Gasteiger partial charge in [0.2, 0.25) is 0 Å². The average molecular weight is 355 g/mol. The summed E-state index contributed by atoms with van der Waals surface area (Å²) in [4.78, 5) is 28.1. The van der Waals surface area contributed by atoms with Crippen LogP contribution in [0.1, 0.15) is 54.3 Å². The monoisotopic (exact) mass is 355 g/mol. The van der Waals surface area contributed by atoms with Gasteiger partial charge in [-0.2, -0.15) is 0 Å². The lowest BCUT2D eigenvalue weighted by atomic mass is 9.93. The van der Waals surface area contributed by atoms with Crippen LogP contribution < -0.4 is 4.90 Å². The zero-order chi connectivity index (χ0) is 18.9. The maximum Gasteiger partial charge on any atom is 0.276 e. The van der Waals surface area contributed by atoms with Gasteiger partial charge in [-0.05, 0) is 31.2 Å². The van der Waals surface area contributed by atoms with Crippen molar-refractivity contribution < 1.29 is 14.1 Å². The van der Waals surface area contributed by atoms with Crippen molar-refractivity contribution >= 4 is 17.4 Å². The van der Waals surface area contributed by atoms with Crippen LogP contribution >= 0.6 is 0 Å². The third-order valence-electron chi connectivity index (χ3n) is 4.67. The van der Waals surface area contributed by atoms with Crippen LogP contribution in [0.4, 0.5) is 5.69 Å². The highest BCUT2D eigenvalue weighted by Crippen LogP contribution is 2.24. The molecule has 1 aromatic heterocycles. The molecule has 0 spiro atoms. The Morgan fingerprint density at radius 1 is 1.04 bits per heavy atom. The van der Waals surface area contributed by atoms with E-state index in [1.807, 2.05) is 49.9 Å². The second-order valence-corrected chi connectivity index (χ2v) is 7.71. The number of aromatic nitrogens is 1.